The van der Waals surface area contributed by atoms with Crippen LogP contribution in [0.5, 0.6) is 0 Å². The molecule has 0 bridgehead atoms. The molecule has 0 spiro atoms. The Labute approximate surface area is 162 Å². The van der Waals surface area contributed by atoms with Crippen LogP contribution in [0.15, 0.2) is 22.5 Å². The maximum Gasteiger partial charge on any atom is 0.191 e. The highest BCUT2D eigenvalue weighted by atomic mass is 32.1. The molecule has 0 aliphatic carbocycles. The monoisotopic (exact) mass is 378 g/mol. The molecule has 26 heavy (non-hydrogen) atoms. The zero-order chi connectivity index (χ0) is 18.4. The number of piperidine rings is 1. The average Bonchev–Trinajstić information content (AvgIpc) is 3.20. The molecular formula is C19H34N6S. The lowest BCUT2D eigenvalue weighted by Gasteiger charge is -2.37. The molecule has 2 aliphatic rings. The second-order valence-electron chi connectivity index (χ2n) is 7.50. The Kier molecular flexibility index (Phi) is 7.16. The van der Waals surface area contributed by atoms with Crippen molar-refractivity contribution in [3.8, 4) is 0 Å². The van der Waals surface area contributed by atoms with Crippen molar-refractivity contribution in [1.29, 1.82) is 0 Å². The molecule has 3 heterocycles. The van der Waals surface area contributed by atoms with Gasteiger partial charge in [-0.3, -0.25) is 9.89 Å². The van der Waals surface area contributed by atoms with E-state index in [-0.39, 0.29) is 0 Å². The SMILES string of the molecule is CN=C(NCC(C)N1CCN(C)CC1)NC1CCN(c2cccs2)CC1. The number of piperazine rings is 1. The molecule has 2 saturated heterocycles. The third-order valence-electron chi connectivity index (χ3n) is 5.60. The average molecular weight is 379 g/mol. The van der Waals surface area contributed by atoms with Crippen molar-refractivity contribution in [2.75, 3.05) is 64.8 Å². The summed E-state index contributed by atoms with van der Waals surface area (Å²) in [5.41, 5.74) is 0. The highest BCUT2D eigenvalue weighted by Crippen LogP contribution is 2.24. The fraction of sp³-hybridized carbons (Fsp3) is 0.737. The summed E-state index contributed by atoms with van der Waals surface area (Å²) < 4.78 is 0. The summed E-state index contributed by atoms with van der Waals surface area (Å²) >= 11 is 1.84. The number of nitrogens with one attached hydrogen (secondary N) is 2. The van der Waals surface area contributed by atoms with E-state index in [1.54, 1.807) is 0 Å². The summed E-state index contributed by atoms with van der Waals surface area (Å²) in [5.74, 6) is 0.945. The number of rotatable bonds is 5. The van der Waals surface area contributed by atoms with Crippen LogP contribution >= 0.6 is 11.3 Å². The summed E-state index contributed by atoms with van der Waals surface area (Å²) in [6.07, 6.45) is 2.32. The van der Waals surface area contributed by atoms with Gasteiger partial charge in [0, 0.05) is 64.9 Å². The molecule has 0 aromatic carbocycles. The van der Waals surface area contributed by atoms with E-state index in [1.165, 1.54) is 18.1 Å². The van der Waals surface area contributed by atoms with Gasteiger partial charge in [-0.05, 0) is 44.3 Å². The first-order chi connectivity index (χ1) is 12.7. The van der Waals surface area contributed by atoms with Crippen molar-refractivity contribution in [3.05, 3.63) is 17.5 Å². The van der Waals surface area contributed by atoms with Crippen LogP contribution in [0.4, 0.5) is 5.00 Å². The minimum absolute atomic E-state index is 0.511. The van der Waals surface area contributed by atoms with Crippen LogP contribution in [-0.2, 0) is 0 Å². The first-order valence-corrected chi connectivity index (χ1v) is 10.7. The van der Waals surface area contributed by atoms with Crippen LogP contribution in [0.3, 0.4) is 0 Å². The van der Waals surface area contributed by atoms with Crippen LogP contribution in [-0.4, -0.2) is 87.8 Å². The largest absolute Gasteiger partial charge is 0.363 e. The van der Waals surface area contributed by atoms with Crippen molar-refractivity contribution >= 4 is 22.3 Å². The van der Waals surface area contributed by atoms with E-state index in [4.69, 9.17) is 0 Å². The molecule has 2 N–H and O–H groups in total. The van der Waals surface area contributed by atoms with E-state index < -0.39 is 0 Å². The second-order valence-corrected chi connectivity index (χ2v) is 8.42. The summed E-state index contributed by atoms with van der Waals surface area (Å²) in [7, 11) is 4.08. The number of nitrogens with zero attached hydrogens (tertiary/aromatic N) is 4. The normalized spacial score (nSPS) is 22.4. The predicted octanol–water partition coefficient (Wildman–Crippen LogP) is 1.52. The van der Waals surface area contributed by atoms with Gasteiger partial charge in [0.2, 0.25) is 0 Å². The number of likely N-dealkylation sites (N-methyl/N-ethyl adjacent to an activating group) is 1. The molecule has 2 fully saturated rings. The molecule has 7 heteroatoms. The quantitative estimate of drug-likeness (QED) is 0.601. The van der Waals surface area contributed by atoms with Crippen LogP contribution in [0, 0.1) is 0 Å². The Balaban J connectivity index is 1.38. The van der Waals surface area contributed by atoms with E-state index in [0.29, 0.717) is 12.1 Å². The lowest BCUT2D eigenvalue weighted by atomic mass is 10.1. The lowest BCUT2D eigenvalue weighted by Crippen LogP contribution is -2.54. The van der Waals surface area contributed by atoms with Crippen LogP contribution in [0.1, 0.15) is 19.8 Å². The number of guanidine groups is 1. The highest BCUT2D eigenvalue weighted by molar-refractivity contribution is 7.14. The number of hydrogen-bond donors (Lipinski definition) is 2. The van der Waals surface area contributed by atoms with Gasteiger partial charge in [0.25, 0.3) is 0 Å². The summed E-state index contributed by atoms with van der Waals surface area (Å²) in [6, 6.07) is 5.40. The molecule has 2 aliphatic heterocycles. The van der Waals surface area contributed by atoms with Gasteiger partial charge < -0.3 is 20.4 Å². The molecule has 0 saturated carbocycles. The maximum atomic E-state index is 4.44. The van der Waals surface area contributed by atoms with Gasteiger partial charge >= 0.3 is 0 Å². The second kappa shape index (κ2) is 9.58. The third-order valence-corrected chi connectivity index (χ3v) is 6.53. The molecule has 0 radical (unpaired) electrons. The van der Waals surface area contributed by atoms with Crippen LogP contribution < -0.4 is 15.5 Å². The zero-order valence-electron chi connectivity index (χ0n) is 16.4. The summed E-state index contributed by atoms with van der Waals surface area (Å²) in [6.45, 7) is 10.1. The topological polar surface area (TPSA) is 46.1 Å². The van der Waals surface area contributed by atoms with Crippen molar-refractivity contribution in [3.63, 3.8) is 0 Å². The molecule has 6 nitrogen and oxygen atoms in total. The van der Waals surface area contributed by atoms with Gasteiger partial charge in [0.05, 0.1) is 5.00 Å². The molecule has 0 amide bonds. The molecule has 1 unspecified atom stereocenters. The van der Waals surface area contributed by atoms with Gasteiger partial charge in [-0.2, -0.15) is 0 Å². The van der Waals surface area contributed by atoms with E-state index in [9.17, 15) is 0 Å². The minimum atomic E-state index is 0.511. The molecule has 146 valence electrons. The number of anilines is 1. The van der Waals surface area contributed by atoms with Crippen LogP contribution in [0.25, 0.3) is 0 Å². The van der Waals surface area contributed by atoms with Gasteiger partial charge in [0.15, 0.2) is 5.96 Å². The summed E-state index contributed by atoms with van der Waals surface area (Å²) in [4.78, 5) is 11.9. The van der Waals surface area contributed by atoms with Gasteiger partial charge in [-0.1, -0.05) is 0 Å². The molecule has 3 rings (SSSR count). The summed E-state index contributed by atoms with van der Waals surface area (Å²) in [5, 5.41) is 10.7. The number of aliphatic imine (C=N–C) groups is 1. The molecular weight excluding hydrogens is 344 g/mol. The van der Waals surface area contributed by atoms with Crippen molar-refractivity contribution in [2.45, 2.75) is 31.8 Å². The smallest absolute Gasteiger partial charge is 0.191 e. The fourth-order valence-electron chi connectivity index (χ4n) is 3.72. The Morgan fingerprint density at radius 2 is 1.96 bits per heavy atom. The molecule has 1 atom stereocenters. The Bertz CT molecular complexity index is 544. The van der Waals surface area contributed by atoms with Crippen molar-refractivity contribution in [2.24, 2.45) is 4.99 Å². The van der Waals surface area contributed by atoms with Gasteiger partial charge in [-0.25, -0.2) is 0 Å². The fourth-order valence-corrected chi connectivity index (χ4v) is 4.50. The Hall–Kier alpha value is -1.31. The molecule has 1 aromatic heterocycles. The minimum Gasteiger partial charge on any atom is -0.363 e. The van der Waals surface area contributed by atoms with Gasteiger partial charge in [0.1, 0.15) is 0 Å². The Morgan fingerprint density at radius 1 is 1.23 bits per heavy atom. The van der Waals surface area contributed by atoms with Crippen LogP contribution in [0.2, 0.25) is 0 Å². The van der Waals surface area contributed by atoms with E-state index in [1.807, 2.05) is 18.4 Å². The number of thiophene rings is 1. The third kappa shape index (κ3) is 5.34. The standard InChI is InChI=1S/C19H34N6S/c1-16(24-12-10-23(3)11-13-24)15-21-19(20-2)22-17-6-8-25(9-7-17)18-5-4-14-26-18/h4-5,14,16-17H,6-13,15H2,1-3H3,(H2,20,21,22). The Morgan fingerprint density at radius 3 is 2.58 bits per heavy atom. The van der Waals surface area contributed by atoms with Crippen molar-refractivity contribution < 1.29 is 0 Å². The maximum absolute atomic E-state index is 4.44. The van der Waals surface area contributed by atoms with E-state index >= 15 is 0 Å². The predicted molar refractivity (Wildman–Crippen MR) is 113 cm³/mol. The number of hydrogen-bond acceptors (Lipinski definition) is 5. The zero-order valence-corrected chi connectivity index (χ0v) is 17.3. The van der Waals surface area contributed by atoms with Gasteiger partial charge in [-0.15, -0.1) is 11.3 Å². The molecule has 1 aromatic rings. The first-order valence-electron chi connectivity index (χ1n) is 9.84. The first kappa shape index (κ1) is 19.5. The van der Waals surface area contributed by atoms with E-state index in [2.05, 4.69) is 61.8 Å². The lowest BCUT2D eigenvalue weighted by molar-refractivity contribution is 0.120. The highest BCUT2D eigenvalue weighted by Gasteiger charge is 2.22. The van der Waals surface area contributed by atoms with E-state index in [0.717, 1.165) is 51.5 Å². The van der Waals surface area contributed by atoms with Crippen molar-refractivity contribution in [1.82, 2.24) is 20.4 Å².